The first kappa shape index (κ1) is 11.0. The maximum Gasteiger partial charge on any atom is 0.264 e. The van der Waals surface area contributed by atoms with E-state index in [4.69, 9.17) is 0 Å². The molecule has 0 radical (unpaired) electrons. The highest BCUT2D eigenvalue weighted by molar-refractivity contribution is 5.26. The number of aromatic nitrogens is 2. The minimum absolute atomic E-state index is 0.0240. The van der Waals surface area contributed by atoms with Crippen LogP contribution in [0.5, 0.6) is 0 Å². The molecule has 0 saturated heterocycles. The summed E-state index contributed by atoms with van der Waals surface area (Å²) in [4.78, 5) is 11.2. The van der Waals surface area contributed by atoms with Crippen molar-refractivity contribution in [2.45, 2.75) is 46.0 Å². The molecule has 1 N–H and O–H groups in total. The van der Waals surface area contributed by atoms with Crippen LogP contribution in [0.3, 0.4) is 0 Å². The van der Waals surface area contributed by atoms with Gasteiger partial charge in [-0.1, -0.05) is 34.6 Å². The molecule has 0 bridgehead atoms. The number of nitrogens with one attached hydrogen (secondary N) is 1. The Kier molecular flexibility index (Phi) is 2.79. The lowest BCUT2D eigenvalue weighted by Gasteiger charge is -2.22. The highest BCUT2D eigenvalue weighted by atomic mass is 16.1. The summed E-state index contributed by atoms with van der Waals surface area (Å²) in [5, 5.41) is 6.63. The van der Waals surface area contributed by atoms with E-state index in [9.17, 15) is 4.79 Å². The molecule has 0 aliphatic heterocycles. The summed E-state index contributed by atoms with van der Waals surface area (Å²) < 4.78 is 0. The van der Waals surface area contributed by atoms with Crippen LogP contribution in [0.1, 0.15) is 51.8 Å². The largest absolute Gasteiger partial charge is 0.268 e. The zero-order valence-corrected chi connectivity index (χ0v) is 9.51. The number of rotatable bonds is 1. The molecule has 0 saturated carbocycles. The molecule has 1 aromatic rings. The van der Waals surface area contributed by atoms with Crippen LogP contribution in [0.4, 0.5) is 0 Å². The Hall–Kier alpha value is -1.12. The molecule has 0 aliphatic carbocycles. The first-order chi connectivity index (χ1) is 6.32. The van der Waals surface area contributed by atoms with Crippen molar-refractivity contribution in [2.75, 3.05) is 0 Å². The summed E-state index contributed by atoms with van der Waals surface area (Å²) in [6.45, 7) is 10.4. The van der Waals surface area contributed by atoms with Crippen molar-refractivity contribution in [2.24, 2.45) is 0 Å². The molecular weight excluding hydrogens is 176 g/mol. The fraction of sp³-hybridized carbons (Fsp3) is 0.636. The lowest BCUT2D eigenvalue weighted by Crippen LogP contribution is -2.22. The van der Waals surface area contributed by atoms with E-state index in [2.05, 4.69) is 44.8 Å². The first-order valence-corrected chi connectivity index (χ1v) is 4.92. The number of nitrogens with zero attached hydrogens (tertiary/aromatic N) is 1. The second-order valence-electron chi connectivity index (χ2n) is 4.94. The van der Waals surface area contributed by atoms with Crippen molar-refractivity contribution < 1.29 is 0 Å². The van der Waals surface area contributed by atoms with E-state index in [1.54, 1.807) is 6.07 Å². The van der Waals surface area contributed by atoms with Crippen molar-refractivity contribution >= 4 is 0 Å². The highest BCUT2D eigenvalue weighted by Gasteiger charge is 2.21. The van der Waals surface area contributed by atoms with Crippen LogP contribution in [-0.2, 0) is 5.41 Å². The van der Waals surface area contributed by atoms with E-state index in [0.717, 1.165) is 11.3 Å². The van der Waals surface area contributed by atoms with Gasteiger partial charge in [-0.05, 0) is 11.5 Å². The molecule has 1 heterocycles. The van der Waals surface area contributed by atoms with Gasteiger partial charge in [0.25, 0.3) is 5.56 Å². The van der Waals surface area contributed by atoms with Crippen molar-refractivity contribution in [1.29, 1.82) is 0 Å². The van der Waals surface area contributed by atoms with Gasteiger partial charge in [-0.15, -0.1) is 0 Å². The predicted molar refractivity (Wildman–Crippen MR) is 57.6 cm³/mol. The summed E-state index contributed by atoms with van der Waals surface area (Å²) in [5.41, 5.74) is 1.87. The number of H-pyrrole nitrogens is 1. The van der Waals surface area contributed by atoms with E-state index in [1.807, 2.05) is 0 Å². The second kappa shape index (κ2) is 3.56. The van der Waals surface area contributed by atoms with Crippen LogP contribution in [0, 0.1) is 0 Å². The SMILES string of the molecule is CC(C)c1cc(=O)[nH]nc1C(C)(C)C. The summed E-state index contributed by atoms with van der Waals surface area (Å²) in [6.07, 6.45) is 0. The molecular formula is C11H18N2O. The van der Waals surface area contributed by atoms with Crippen LogP contribution >= 0.6 is 0 Å². The van der Waals surface area contributed by atoms with Crippen LogP contribution in [0.25, 0.3) is 0 Å². The van der Waals surface area contributed by atoms with Gasteiger partial charge in [-0.3, -0.25) is 4.79 Å². The molecule has 0 atom stereocenters. The summed E-state index contributed by atoms with van der Waals surface area (Å²) in [7, 11) is 0. The summed E-state index contributed by atoms with van der Waals surface area (Å²) in [5.74, 6) is 0.332. The topological polar surface area (TPSA) is 45.8 Å². The summed E-state index contributed by atoms with van der Waals surface area (Å²) >= 11 is 0. The fourth-order valence-electron chi connectivity index (χ4n) is 1.46. The Bertz CT molecular complexity index is 372. The Morgan fingerprint density at radius 1 is 1.36 bits per heavy atom. The van der Waals surface area contributed by atoms with Crippen molar-refractivity contribution in [3.05, 3.63) is 27.7 Å². The van der Waals surface area contributed by atoms with Crippen molar-refractivity contribution in [3.63, 3.8) is 0 Å². The molecule has 0 amide bonds. The standard InChI is InChI=1S/C11H18N2O/c1-7(2)8-6-9(14)12-13-10(8)11(3,4)5/h6-7H,1-5H3,(H,12,14). The Labute approximate surface area is 84.6 Å². The smallest absolute Gasteiger partial charge is 0.264 e. The minimum atomic E-state index is -0.123. The molecule has 3 heteroatoms. The maximum atomic E-state index is 11.2. The normalized spacial score (nSPS) is 12.1. The van der Waals surface area contributed by atoms with Gasteiger partial charge in [-0.2, -0.15) is 5.10 Å². The van der Waals surface area contributed by atoms with Gasteiger partial charge in [0, 0.05) is 11.5 Å². The zero-order valence-electron chi connectivity index (χ0n) is 9.51. The second-order valence-corrected chi connectivity index (χ2v) is 4.94. The Morgan fingerprint density at radius 2 is 1.93 bits per heavy atom. The average Bonchev–Trinajstić information content (AvgIpc) is 2.01. The molecule has 1 rings (SSSR count). The lowest BCUT2D eigenvalue weighted by molar-refractivity contribution is 0.542. The number of hydrogen-bond donors (Lipinski definition) is 1. The Balaban J connectivity index is 3.37. The van der Waals surface area contributed by atoms with Crippen LogP contribution < -0.4 is 5.56 Å². The van der Waals surface area contributed by atoms with Gasteiger partial charge >= 0.3 is 0 Å². The van der Waals surface area contributed by atoms with Gasteiger partial charge in [0.2, 0.25) is 0 Å². The molecule has 78 valence electrons. The van der Waals surface area contributed by atoms with E-state index in [0.29, 0.717) is 5.92 Å². The summed E-state index contributed by atoms with van der Waals surface area (Å²) in [6, 6.07) is 1.65. The van der Waals surface area contributed by atoms with Crippen LogP contribution in [-0.4, -0.2) is 10.2 Å². The van der Waals surface area contributed by atoms with Gasteiger partial charge in [-0.25, -0.2) is 5.10 Å². The molecule has 0 aromatic carbocycles. The van der Waals surface area contributed by atoms with Crippen molar-refractivity contribution in [3.8, 4) is 0 Å². The fourth-order valence-corrected chi connectivity index (χ4v) is 1.46. The van der Waals surface area contributed by atoms with Gasteiger partial charge < -0.3 is 0 Å². The predicted octanol–water partition coefficient (Wildman–Crippen LogP) is 2.19. The first-order valence-electron chi connectivity index (χ1n) is 4.92. The Morgan fingerprint density at radius 3 is 2.36 bits per heavy atom. The van der Waals surface area contributed by atoms with E-state index >= 15 is 0 Å². The van der Waals surface area contributed by atoms with Gasteiger partial charge in [0.05, 0.1) is 5.69 Å². The lowest BCUT2D eigenvalue weighted by atomic mass is 9.85. The van der Waals surface area contributed by atoms with Gasteiger partial charge in [0.1, 0.15) is 0 Å². The molecule has 14 heavy (non-hydrogen) atoms. The van der Waals surface area contributed by atoms with Gasteiger partial charge in [0.15, 0.2) is 0 Å². The van der Waals surface area contributed by atoms with E-state index in [1.165, 1.54) is 0 Å². The molecule has 0 spiro atoms. The number of aromatic amines is 1. The third-order valence-electron chi connectivity index (χ3n) is 2.17. The maximum absolute atomic E-state index is 11.2. The third kappa shape index (κ3) is 2.22. The third-order valence-corrected chi connectivity index (χ3v) is 2.17. The average molecular weight is 194 g/mol. The number of hydrogen-bond acceptors (Lipinski definition) is 2. The monoisotopic (exact) mass is 194 g/mol. The molecule has 0 aliphatic rings. The zero-order chi connectivity index (χ0) is 10.9. The molecule has 0 unspecified atom stereocenters. The molecule has 3 nitrogen and oxygen atoms in total. The van der Waals surface area contributed by atoms with E-state index < -0.39 is 0 Å². The quantitative estimate of drug-likeness (QED) is 0.744. The van der Waals surface area contributed by atoms with Crippen molar-refractivity contribution in [1.82, 2.24) is 10.2 Å². The van der Waals surface area contributed by atoms with E-state index in [-0.39, 0.29) is 11.0 Å². The van der Waals surface area contributed by atoms with Crippen LogP contribution in [0.15, 0.2) is 10.9 Å². The van der Waals surface area contributed by atoms with Crippen LogP contribution in [0.2, 0.25) is 0 Å². The molecule has 1 aromatic heterocycles. The highest BCUT2D eigenvalue weighted by Crippen LogP contribution is 2.26. The minimum Gasteiger partial charge on any atom is -0.268 e. The molecule has 0 fully saturated rings.